The molecule has 12 nitrogen and oxygen atoms in total. The van der Waals surface area contributed by atoms with Crippen LogP contribution in [0.3, 0.4) is 0 Å². The predicted molar refractivity (Wildman–Crippen MR) is 493 cm³/mol. The Morgan fingerprint density at radius 3 is 0.237 bits per heavy atom. The zero-order valence-electron chi connectivity index (χ0n) is 75.7. The van der Waals surface area contributed by atoms with E-state index >= 15 is 50.5 Å². The maximum Gasteiger partial charge on any atom is 0.181 e. The fourth-order valence-corrected chi connectivity index (χ4v) is 31.1. The Labute approximate surface area is 710 Å². The summed E-state index contributed by atoms with van der Waals surface area (Å²) in [7, 11) is -31.6. The van der Waals surface area contributed by atoms with E-state index in [1.807, 2.05) is 0 Å². The van der Waals surface area contributed by atoms with Gasteiger partial charge in [0, 0.05) is 0 Å². The van der Waals surface area contributed by atoms with Crippen LogP contribution in [-0.2, 0) is 59.0 Å². The van der Waals surface area contributed by atoms with Crippen LogP contribution in [-0.4, -0.2) is 85.0 Å². The summed E-state index contributed by atoms with van der Waals surface area (Å²) >= 11 is 0. The lowest BCUT2D eigenvalue weighted by Gasteiger charge is -2.26. The Hall–Kier alpha value is -1.08. The molecular weight excluding hydrogens is 1540 g/mol. The molecule has 0 amide bonds. The zero-order valence-corrected chi connectivity index (χ0v) is 80.6. The Kier molecular flexibility index (Phi) is 71.5. The number of unbranched alkanes of at least 4 members (excludes halogenated alkanes) is 72. The molecule has 678 valence electrons. The molecule has 0 aromatic heterocycles. The number of rotatable bonds is 90. The van der Waals surface area contributed by atoms with Gasteiger partial charge >= 0.3 is 0 Å². The van der Waals surface area contributed by atoms with Gasteiger partial charge in [0.05, 0.1) is 34.5 Å². The fourth-order valence-electron chi connectivity index (χ4n) is 16.8. The number of sulfone groups is 6. The van der Waals surface area contributed by atoms with Crippen LogP contribution in [0.25, 0.3) is 0 Å². The van der Waals surface area contributed by atoms with E-state index in [2.05, 4.69) is 41.5 Å². The quantitative estimate of drug-likeness (QED) is 0.0559. The molecule has 0 heterocycles. The summed E-state index contributed by atoms with van der Waals surface area (Å²) in [5.74, 6) is -4.70. The second-order valence-corrected chi connectivity index (χ2v) is 47.6. The van der Waals surface area contributed by atoms with Crippen molar-refractivity contribution in [3.05, 3.63) is 0 Å². The third kappa shape index (κ3) is 55.8. The average Bonchev–Trinajstić information content (AvgIpc) is 0.690. The average molecular weight is 1720 g/mol. The minimum atomic E-state index is -5.27. The molecule has 0 N–H and O–H groups in total. The molecule has 0 aliphatic carbocycles. The van der Waals surface area contributed by atoms with E-state index in [0.29, 0.717) is 77.0 Å². The van der Waals surface area contributed by atoms with Gasteiger partial charge in [0.15, 0.2) is 59.0 Å². The lowest BCUT2D eigenvalue weighted by Crippen LogP contribution is -2.30. The highest BCUT2D eigenvalue weighted by Crippen LogP contribution is 2.48. The van der Waals surface area contributed by atoms with Gasteiger partial charge in [-0.25, -0.2) is 50.5 Å². The van der Waals surface area contributed by atoms with Gasteiger partial charge in [0.1, 0.15) is 29.4 Å². The monoisotopic (exact) mass is 1720 g/mol. The van der Waals surface area contributed by atoms with E-state index in [9.17, 15) is 0 Å². The lowest BCUT2D eigenvalue weighted by atomic mass is 10.1. The standard InChI is InChI=1S/C96H186O12S6/c1-7-13-19-25-31-37-43-49-55-61-67-73-79-85-109(97,98)91-92(110(99,100)86-80-74-68-62-56-50-44-38-32-26-20-14-8-2)94(112(103,104)88-82-76-70-64-58-52-46-40-34-28-22-16-10-4)96(114(107,108)90-84-78-72-66-60-54-48-42-36-30-24-18-12-6)95(113(105,106)89-83-77-71-65-59-53-47-41-35-29-23-17-11-5)93(91)111(101,102)87-81-75-69-63-57-51-45-39-33-27-21-15-9-3/h7-90H2,1-6H3. The van der Waals surface area contributed by atoms with Gasteiger partial charge in [0.2, 0.25) is 0 Å². The molecule has 0 spiro atoms. The number of benzene rings is 1. The minimum absolute atomic E-state index is 0.0301. The SMILES string of the molecule is CCCCCCCCCCCCCCCS(=O)(=O)c1c(S(=O)(=O)CCCCCCCCCCCCCCC)c(S(=O)(=O)CCCCCCCCCCCCCCC)c(S(=O)(=O)CCCCCCCCCCCCCCC)c(S(=O)(=O)CCCCCCCCCCCCCCC)c1S(=O)(=O)CCCCCCCCCCCCCCC. The molecule has 0 saturated heterocycles. The van der Waals surface area contributed by atoms with Crippen molar-refractivity contribution in [3.63, 3.8) is 0 Å². The third-order valence-electron chi connectivity index (χ3n) is 24.2. The first-order chi connectivity index (χ1) is 55.1. The van der Waals surface area contributed by atoms with Crippen molar-refractivity contribution in [2.24, 2.45) is 0 Å². The molecule has 1 aromatic rings. The van der Waals surface area contributed by atoms with Gasteiger partial charge in [-0.05, 0) is 38.5 Å². The molecule has 0 radical (unpaired) electrons. The van der Waals surface area contributed by atoms with Crippen LogP contribution < -0.4 is 0 Å². The summed E-state index contributed by atoms with van der Waals surface area (Å²) in [5, 5.41) is 0. The Morgan fingerprint density at radius 2 is 0.167 bits per heavy atom. The number of hydrogen-bond donors (Lipinski definition) is 0. The molecule has 1 aromatic carbocycles. The third-order valence-corrected chi connectivity index (χ3v) is 36.1. The summed E-state index contributed by atoms with van der Waals surface area (Å²) < 4.78 is 195. The van der Waals surface area contributed by atoms with Crippen molar-refractivity contribution in [2.75, 3.05) is 34.5 Å². The molecule has 1 rings (SSSR count). The first-order valence-corrected chi connectivity index (χ1v) is 59.6. The molecule has 18 heteroatoms. The molecule has 0 aliphatic heterocycles. The van der Waals surface area contributed by atoms with E-state index < -0.39 is 123 Å². The maximum absolute atomic E-state index is 16.3. The highest BCUT2D eigenvalue weighted by molar-refractivity contribution is 7.99. The molecule has 114 heavy (non-hydrogen) atoms. The van der Waals surface area contributed by atoms with Gasteiger partial charge in [-0.1, -0.05) is 504 Å². The van der Waals surface area contributed by atoms with E-state index in [-0.39, 0.29) is 38.5 Å². The largest absolute Gasteiger partial charge is 0.224 e. The van der Waals surface area contributed by atoms with Crippen LogP contribution in [0.15, 0.2) is 29.4 Å². The molecule has 0 bridgehead atoms. The second-order valence-electron chi connectivity index (χ2n) is 35.3. The van der Waals surface area contributed by atoms with Crippen molar-refractivity contribution in [1.82, 2.24) is 0 Å². The van der Waals surface area contributed by atoms with Crippen LogP contribution in [0.2, 0.25) is 0 Å². The first-order valence-electron chi connectivity index (χ1n) is 49.7. The first kappa shape index (κ1) is 111. The Bertz CT molecular complexity index is 2550. The van der Waals surface area contributed by atoms with Gasteiger partial charge in [-0.2, -0.15) is 0 Å². The molecule has 0 aliphatic rings. The van der Waals surface area contributed by atoms with Crippen LogP contribution >= 0.6 is 0 Å². The van der Waals surface area contributed by atoms with Gasteiger partial charge in [0.25, 0.3) is 0 Å². The van der Waals surface area contributed by atoms with Crippen molar-refractivity contribution in [3.8, 4) is 0 Å². The van der Waals surface area contributed by atoms with Crippen LogP contribution in [0.5, 0.6) is 0 Å². The number of hydrogen-bond acceptors (Lipinski definition) is 12. The van der Waals surface area contributed by atoms with Crippen molar-refractivity contribution >= 4 is 59.0 Å². The predicted octanol–water partition coefficient (Wildman–Crippen LogP) is 30.9. The molecule has 0 fully saturated rings. The molecule has 0 saturated carbocycles. The van der Waals surface area contributed by atoms with E-state index in [1.165, 1.54) is 193 Å². The van der Waals surface area contributed by atoms with Crippen molar-refractivity contribution < 1.29 is 50.5 Å². The maximum atomic E-state index is 16.3. The van der Waals surface area contributed by atoms with Crippen molar-refractivity contribution in [1.29, 1.82) is 0 Å². The fraction of sp³-hybridized carbons (Fsp3) is 0.938. The summed E-state index contributed by atoms with van der Waals surface area (Å²) in [5.41, 5.74) is 0. The van der Waals surface area contributed by atoms with E-state index in [1.54, 1.807) is 0 Å². The molecule has 0 unspecified atom stereocenters. The molecular formula is C96H186O12S6. The summed E-state index contributed by atoms with van der Waals surface area (Å²) in [4.78, 5) is -7.92. The topological polar surface area (TPSA) is 205 Å². The van der Waals surface area contributed by atoms with Crippen LogP contribution in [0, 0.1) is 0 Å². The Balaban J connectivity index is 4.53. The lowest BCUT2D eigenvalue weighted by molar-refractivity contribution is 0.527. The van der Waals surface area contributed by atoms with E-state index in [4.69, 9.17) is 0 Å². The van der Waals surface area contributed by atoms with Crippen LogP contribution in [0.1, 0.15) is 542 Å². The molecule has 0 atom stereocenters. The van der Waals surface area contributed by atoms with E-state index in [0.717, 1.165) is 193 Å². The van der Waals surface area contributed by atoms with Gasteiger partial charge in [-0.3, -0.25) is 0 Å². The highest BCUT2D eigenvalue weighted by Gasteiger charge is 2.49. The normalized spacial score (nSPS) is 12.7. The highest BCUT2D eigenvalue weighted by atomic mass is 32.2. The van der Waals surface area contributed by atoms with Gasteiger partial charge < -0.3 is 0 Å². The van der Waals surface area contributed by atoms with Crippen molar-refractivity contribution in [2.45, 2.75) is 572 Å². The van der Waals surface area contributed by atoms with Gasteiger partial charge in [-0.15, -0.1) is 0 Å². The summed E-state index contributed by atoms with van der Waals surface area (Å²) in [6, 6.07) is 0. The summed E-state index contributed by atoms with van der Waals surface area (Å²) in [6.45, 7) is 13.3. The Morgan fingerprint density at radius 1 is 0.105 bits per heavy atom. The minimum Gasteiger partial charge on any atom is -0.224 e. The second kappa shape index (κ2) is 73.5. The zero-order chi connectivity index (χ0) is 83.9. The smallest absolute Gasteiger partial charge is 0.181 e. The van der Waals surface area contributed by atoms with Crippen LogP contribution in [0.4, 0.5) is 0 Å². The summed E-state index contributed by atoms with van der Waals surface area (Å²) in [6.07, 6.45) is 73.1.